The van der Waals surface area contributed by atoms with Crippen LogP contribution in [0, 0.1) is 5.92 Å². The van der Waals surface area contributed by atoms with Crippen molar-refractivity contribution in [1.82, 2.24) is 0 Å². The molecule has 0 spiro atoms. The van der Waals surface area contributed by atoms with Crippen LogP contribution in [0.3, 0.4) is 0 Å². The van der Waals surface area contributed by atoms with Gasteiger partial charge in [0.1, 0.15) is 21.2 Å². The second-order valence-electron chi connectivity index (χ2n) is 10.2. The number of ether oxygens (including phenoxy) is 1. The normalized spacial score (nSPS) is 25.1. The van der Waals surface area contributed by atoms with E-state index in [1.807, 2.05) is 29.6 Å². The highest BCUT2D eigenvalue weighted by Crippen LogP contribution is 2.61. The molecule has 3 aromatic carbocycles. The Morgan fingerprint density at radius 2 is 1.76 bits per heavy atom. The zero-order valence-corrected chi connectivity index (χ0v) is 21.1. The molecule has 0 saturated carbocycles. The van der Waals surface area contributed by atoms with E-state index in [4.69, 9.17) is 4.74 Å². The van der Waals surface area contributed by atoms with Crippen LogP contribution in [0.2, 0.25) is 0 Å². The van der Waals surface area contributed by atoms with Crippen molar-refractivity contribution >= 4 is 34.3 Å². The van der Waals surface area contributed by atoms with E-state index >= 15 is 0 Å². The third kappa shape index (κ3) is 3.32. The fraction of sp³-hybridized carbons (Fsp3) is 0.379. The largest absolute Gasteiger partial charge is 0.508 e. The van der Waals surface area contributed by atoms with Gasteiger partial charge in [0.15, 0.2) is 0 Å². The molecule has 2 heterocycles. The summed E-state index contributed by atoms with van der Waals surface area (Å²) in [5, 5.41) is 14.0. The van der Waals surface area contributed by atoms with E-state index < -0.39 is 0 Å². The number of rotatable bonds is 2. The molecule has 1 aliphatic carbocycles. The zero-order valence-electron chi connectivity index (χ0n) is 19.4. The number of aromatic hydroxyl groups is 1. The summed E-state index contributed by atoms with van der Waals surface area (Å²) in [6.07, 6.45) is 4.36. The van der Waals surface area contributed by atoms with Gasteiger partial charge < -0.3 is 9.84 Å². The fourth-order valence-corrected chi connectivity index (χ4v) is 9.47. The van der Waals surface area contributed by atoms with Crippen molar-refractivity contribution in [3.05, 3.63) is 82.9 Å². The van der Waals surface area contributed by atoms with E-state index in [0.717, 1.165) is 41.2 Å². The number of phenols is 1. The Morgan fingerprint density at radius 3 is 2.58 bits per heavy atom. The summed E-state index contributed by atoms with van der Waals surface area (Å²) in [4.78, 5) is 0. The third-order valence-electron chi connectivity index (χ3n) is 7.72. The minimum atomic E-state index is -0.261. The van der Waals surface area contributed by atoms with Crippen molar-refractivity contribution in [2.75, 3.05) is 11.5 Å². The number of allylic oxidation sites excluding steroid dienone is 2. The molecule has 2 aliphatic heterocycles. The maximum Gasteiger partial charge on any atom is 0.127 e. The maximum absolute atomic E-state index is 11.4. The van der Waals surface area contributed by atoms with E-state index in [0.29, 0.717) is 17.6 Å². The smallest absolute Gasteiger partial charge is 0.127 e. The van der Waals surface area contributed by atoms with Crippen molar-refractivity contribution in [3.8, 4) is 11.5 Å². The number of thioether (sulfide) groups is 2. The molecule has 4 heteroatoms. The van der Waals surface area contributed by atoms with E-state index in [-0.39, 0.29) is 9.68 Å². The second kappa shape index (κ2) is 7.74. The van der Waals surface area contributed by atoms with Gasteiger partial charge in [0.25, 0.3) is 0 Å². The Labute approximate surface area is 204 Å². The Kier molecular flexibility index (Phi) is 5.04. The topological polar surface area (TPSA) is 29.5 Å². The van der Waals surface area contributed by atoms with Crippen molar-refractivity contribution in [2.24, 2.45) is 5.92 Å². The molecule has 33 heavy (non-hydrogen) atoms. The molecule has 2 atom stereocenters. The van der Waals surface area contributed by atoms with Gasteiger partial charge in [-0.1, -0.05) is 54.1 Å². The lowest BCUT2D eigenvalue weighted by Gasteiger charge is -2.47. The molecule has 1 N–H and O–H groups in total. The second-order valence-corrected chi connectivity index (χ2v) is 13.0. The lowest BCUT2D eigenvalue weighted by atomic mass is 9.67. The first kappa shape index (κ1) is 21.5. The summed E-state index contributed by atoms with van der Waals surface area (Å²) in [7, 11) is 0. The average molecular weight is 475 g/mol. The van der Waals surface area contributed by atoms with E-state index in [9.17, 15) is 5.11 Å². The number of phenolic OH excluding ortho intramolecular Hbond substituents is 1. The molecular weight excluding hydrogens is 444 g/mol. The summed E-state index contributed by atoms with van der Waals surface area (Å²) in [6.45, 7) is 6.64. The molecule has 1 saturated heterocycles. The molecule has 3 aromatic rings. The van der Waals surface area contributed by atoms with Crippen LogP contribution in [0.4, 0.5) is 0 Å². The average Bonchev–Trinajstić information content (AvgIpc) is 3.28. The molecule has 6 rings (SSSR count). The third-order valence-corrected chi connectivity index (χ3v) is 11.2. The van der Waals surface area contributed by atoms with Gasteiger partial charge >= 0.3 is 0 Å². The molecule has 0 unspecified atom stereocenters. The van der Waals surface area contributed by atoms with Crippen LogP contribution < -0.4 is 4.74 Å². The Balaban J connectivity index is 1.54. The predicted octanol–water partition coefficient (Wildman–Crippen LogP) is 7.84. The predicted molar refractivity (Wildman–Crippen MR) is 142 cm³/mol. The van der Waals surface area contributed by atoms with Crippen LogP contribution >= 0.6 is 23.5 Å². The molecule has 170 valence electrons. The van der Waals surface area contributed by atoms with Crippen LogP contribution in [0.15, 0.2) is 66.2 Å². The van der Waals surface area contributed by atoms with Gasteiger partial charge in [0.2, 0.25) is 0 Å². The van der Waals surface area contributed by atoms with Gasteiger partial charge in [-0.25, -0.2) is 0 Å². The highest BCUT2D eigenvalue weighted by atomic mass is 32.2. The van der Waals surface area contributed by atoms with Gasteiger partial charge in [-0.3, -0.25) is 0 Å². The first-order valence-corrected chi connectivity index (χ1v) is 13.8. The summed E-state index contributed by atoms with van der Waals surface area (Å²) in [5.41, 5.74) is 4.62. The Bertz CT molecular complexity index is 1260. The first-order valence-electron chi connectivity index (χ1n) is 11.9. The molecule has 3 aliphatic rings. The minimum absolute atomic E-state index is 0.250. The van der Waals surface area contributed by atoms with Gasteiger partial charge in [-0.2, -0.15) is 0 Å². The molecule has 1 fully saturated rings. The highest BCUT2D eigenvalue weighted by Gasteiger charge is 2.47. The molecule has 0 bridgehead atoms. The molecular formula is C29H30O2S2. The quantitative estimate of drug-likeness (QED) is 0.383. The maximum atomic E-state index is 11.4. The first-order chi connectivity index (χ1) is 15.9. The lowest BCUT2D eigenvalue weighted by Crippen LogP contribution is -2.45. The van der Waals surface area contributed by atoms with Crippen LogP contribution in [0.5, 0.6) is 11.5 Å². The zero-order chi connectivity index (χ0) is 22.8. The monoisotopic (exact) mass is 474 g/mol. The summed E-state index contributed by atoms with van der Waals surface area (Å²) in [6, 6.07) is 19.5. The fourth-order valence-electron chi connectivity index (χ4n) is 6.16. The number of benzene rings is 3. The van der Waals surface area contributed by atoms with E-state index in [2.05, 4.69) is 75.4 Å². The van der Waals surface area contributed by atoms with E-state index in [1.165, 1.54) is 21.9 Å². The van der Waals surface area contributed by atoms with Gasteiger partial charge in [-0.05, 0) is 67.6 Å². The van der Waals surface area contributed by atoms with E-state index in [1.54, 1.807) is 0 Å². The standard InChI is InChI=1S/C29H30O2S2/c1-18-11-12-23-22(15-18)27-25(30)16-20(17-26(27)31-28(23,2)3)29(32-13-14-33-29)24-10-6-8-19-7-4-5-9-21(19)24/h4-11,16-17,22-23,30H,12-15H2,1-3H3/t22-,23-/m1/s1. The summed E-state index contributed by atoms with van der Waals surface area (Å²) < 4.78 is 6.42. The van der Waals surface area contributed by atoms with Gasteiger partial charge in [0, 0.05) is 28.9 Å². The molecule has 2 nitrogen and oxygen atoms in total. The highest BCUT2D eigenvalue weighted by molar-refractivity contribution is 8.20. The van der Waals surface area contributed by atoms with Crippen molar-refractivity contribution in [3.63, 3.8) is 0 Å². The van der Waals surface area contributed by atoms with Crippen molar-refractivity contribution in [2.45, 2.75) is 49.2 Å². The van der Waals surface area contributed by atoms with Crippen LogP contribution in [0.1, 0.15) is 56.2 Å². The van der Waals surface area contributed by atoms with Gasteiger partial charge in [0.05, 0.1) is 0 Å². The minimum Gasteiger partial charge on any atom is -0.508 e. The summed E-state index contributed by atoms with van der Waals surface area (Å²) in [5.74, 6) is 4.14. The number of fused-ring (bicyclic) bond motifs is 4. The Hall–Kier alpha value is -2.04. The van der Waals surface area contributed by atoms with Crippen LogP contribution in [-0.2, 0) is 4.08 Å². The SMILES string of the molecule is CC1=CC[C@@H]2[C@@H](C1)c1c(O)cc(C3(c4cccc5ccccc45)SCCS3)cc1OC2(C)C. The lowest BCUT2D eigenvalue weighted by molar-refractivity contribution is 0.00752. The molecule has 0 aromatic heterocycles. The molecule has 0 amide bonds. The molecule has 0 radical (unpaired) electrons. The van der Waals surface area contributed by atoms with Gasteiger partial charge in [-0.15, -0.1) is 23.5 Å². The number of hydrogen-bond donors (Lipinski definition) is 1. The van der Waals surface area contributed by atoms with Crippen molar-refractivity contribution in [1.29, 1.82) is 0 Å². The Morgan fingerprint density at radius 1 is 1.00 bits per heavy atom. The van der Waals surface area contributed by atoms with Crippen LogP contribution in [0.25, 0.3) is 10.8 Å². The summed E-state index contributed by atoms with van der Waals surface area (Å²) >= 11 is 3.96. The number of hydrogen-bond acceptors (Lipinski definition) is 4. The van der Waals surface area contributed by atoms with Crippen molar-refractivity contribution < 1.29 is 9.84 Å². The van der Waals surface area contributed by atoms with Crippen LogP contribution in [-0.4, -0.2) is 22.2 Å².